The zero-order valence-corrected chi connectivity index (χ0v) is 7.03. The molecule has 2 rings (SSSR count). The molecule has 2 aromatic rings. The molecule has 0 atom stereocenters. The highest BCUT2D eigenvalue weighted by Crippen LogP contribution is 2.00. The number of aromatic amines is 1. The van der Waals surface area contributed by atoms with Gasteiger partial charge < -0.3 is 0 Å². The van der Waals surface area contributed by atoms with Gasteiger partial charge in [-0.05, 0) is 0 Å². The summed E-state index contributed by atoms with van der Waals surface area (Å²) in [5, 5.41) is 2.92. The molecule has 66 valence electrons. The molecule has 0 aromatic carbocycles. The molecule has 0 radical (unpaired) electrons. The van der Waals surface area contributed by atoms with Crippen LogP contribution in [-0.2, 0) is 6.42 Å². The Morgan fingerprint density at radius 1 is 1.62 bits per heavy atom. The third kappa shape index (κ3) is 1.26. The van der Waals surface area contributed by atoms with E-state index in [9.17, 15) is 4.79 Å². The van der Waals surface area contributed by atoms with Gasteiger partial charge in [-0.1, -0.05) is 6.08 Å². The van der Waals surface area contributed by atoms with Crippen LogP contribution < -0.4 is 5.43 Å². The van der Waals surface area contributed by atoms with Crippen LogP contribution >= 0.6 is 0 Å². The van der Waals surface area contributed by atoms with Crippen molar-refractivity contribution < 1.29 is 0 Å². The number of nitrogens with zero attached hydrogens (tertiary/aromatic N) is 2. The molecular weight excluding hydrogens is 166 g/mol. The Morgan fingerprint density at radius 3 is 3.23 bits per heavy atom. The Kier molecular flexibility index (Phi) is 1.73. The summed E-state index contributed by atoms with van der Waals surface area (Å²) in [7, 11) is 0. The second-order valence-electron chi connectivity index (χ2n) is 2.76. The van der Waals surface area contributed by atoms with Gasteiger partial charge in [-0.25, -0.2) is 9.50 Å². The number of nitrogens with one attached hydrogen (secondary N) is 1. The van der Waals surface area contributed by atoms with E-state index in [0.717, 1.165) is 5.69 Å². The summed E-state index contributed by atoms with van der Waals surface area (Å²) in [5.41, 5.74) is 1.49. The van der Waals surface area contributed by atoms with Crippen LogP contribution in [0.5, 0.6) is 0 Å². The number of rotatable bonds is 2. The molecular formula is C9H9N3O. The van der Waals surface area contributed by atoms with E-state index >= 15 is 0 Å². The highest BCUT2D eigenvalue weighted by atomic mass is 16.1. The molecule has 0 saturated heterocycles. The summed E-state index contributed by atoms with van der Waals surface area (Å²) < 4.78 is 1.77. The van der Waals surface area contributed by atoms with E-state index in [1.807, 2.05) is 0 Å². The highest BCUT2D eigenvalue weighted by Gasteiger charge is 2.00. The lowest BCUT2D eigenvalue weighted by molar-refractivity contribution is 0.885. The van der Waals surface area contributed by atoms with Crippen molar-refractivity contribution in [3.63, 3.8) is 0 Å². The zero-order valence-electron chi connectivity index (χ0n) is 7.03. The van der Waals surface area contributed by atoms with Gasteiger partial charge >= 0.3 is 0 Å². The van der Waals surface area contributed by atoms with Gasteiger partial charge in [0, 0.05) is 24.2 Å². The van der Waals surface area contributed by atoms with Crippen LogP contribution in [-0.4, -0.2) is 14.6 Å². The van der Waals surface area contributed by atoms with Gasteiger partial charge in [-0.3, -0.25) is 9.89 Å². The van der Waals surface area contributed by atoms with Crippen LogP contribution in [0.1, 0.15) is 5.69 Å². The number of pyridine rings is 1. The number of hydrogen-bond donors (Lipinski definition) is 1. The molecule has 2 heterocycles. The van der Waals surface area contributed by atoms with E-state index in [1.165, 1.54) is 6.07 Å². The molecule has 1 N–H and O–H groups in total. The Balaban J connectivity index is 2.76. The minimum atomic E-state index is -0.0241. The topological polar surface area (TPSA) is 50.2 Å². The number of H-pyrrole nitrogens is 1. The van der Waals surface area contributed by atoms with E-state index in [2.05, 4.69) is 16.7 Å². The molecule has 0 amide bonds. The van der Waals surface area contributed by atoms with Crippen LogP contribution in [0, 0.1) is 0 Å². The average molecular weight is 175 g/mol. The van der Waals surface area contributed by atoms with Crippen molar-refractivity contribution in [2.24, 2.45) is 0 Å². The van der Waals surface area contributed by atoms with Gasteiger partial charge in [0.2, 0.25) is 0 Å². The van der Waals surface area contributed by atoms with Crippen LogP contribution in [0.2, 0.25) is 0 Å². The molecule has 4 nitrogen and oxygen atoms in total. The lowest BCUT2D eigenvalue weighted by Gasteiger charge is -1.99. The van der Waals surface area contributed by atoms with E-state index in [0.29, 0.717) is 12.1 Å². The predicted molar refractivity (Wildman–Crippen MR) is 49.7 cm³/mol. The van der Waals surface area contributed by atoms with Gasteiger partial charge in [0.1, 0.15) is 6.33 Å². The van der Waals surface area contributed by atoms with Crippen molar-refractivity contribution in [3.8, 4) is 0 Å². The first-order valence-electron chi connectivity index (χ1n) is 3.97. The fourth-order valence-electron chi connectivity index (χ4n) is 1.30. The smallest absolute Gasteiger partial charge is 0.184 e. The summed E-state index contributed by atoms with van der Waals surface area (Å²) in [4.78, 5) is 15.2. The van der Waals surface area contributed by atoms with Gasteiger partial charge in [-0.15, -0.1) is 6.58 Å². The van der Waals surface area contributed by atoms with Crippen molar-refractivity contribution in [2.75, 3.05) is 0 Å². The number of hydrogen-bond acceptors (Lipinski definition) is 2. The van der Waals surface area contributed by atoms with Crippen molar-refractivity contribution in [3.05, 3.63) is 47.0 Å². The summed E-state index contributed by atoms with van der Waals surface area (Å²) in [6, 6.07) is 3.07. The minimum absolute atomic E-state index is 0.0241. The maximum absolute atomic E-state index is 11.2. The molecule has 4 heteroatoms. The number of allylic oxidation sites excluding steroid dienone is 1. The van der Waals surface area contributed by atoms with Gasteiger partial charge in [0.25, 0.3) is 0 Å². The summed E-state index contributed by atoms with van der Waals surface area (Å²) in [6.07, 6.45) is 3.96. The third-order valence-corrected chi connectivity index (χ3v) is 1.83. The largest absolute Gasteiger partial charge is 0.290 e. The van der Waals surface area contributed by atoms with Crippen LogP contribution in [0.3, 0.4) is 0 Å². The second kappa shape index (κ2) is 2.90. The van der Waals surface area contributed by atoms with Gasteiger partial charge in [0.05, 0.1) is 0 Å². The quantitative estimate of drug-likeness (QED) is 0.685. The molecule has 13 heavy (non-hydrogen) atoms. The minimum Gasteiger partial charge on any atom is -0.290 e. The standard InChI is InChI=1S/C9H9N3O/c1-2-3-7-4-8(13)5-9-10-6-11-12(7)9/h2,4-6H,1,3H2,(H,10,11). The maximum Gasteiger partial charge on any atom is 0.184 e. The average Bonchev–Trinajstić information content (AvgIpc) is 2.52. The number of fused-ring (bicyclic) bond motifs is 1. The molecule has 0 bridgehead atoms. The summed E-state index contributed by atoms with van der Waals surface area (Å²) in [5.74, 6) is 0. The fourth-order valence-corrected chi connectivity index (χ4v) is 1.30. The molecule has 0 aliphatic heterocycles. The van der Waals surface area contributed by atoms with E-state index in [-0.39, 0.29) is 5.43 Å². The van der Waals surface area contributed by atoms with E-state index in [1.54, 1.807) is 23.0 Å². The zero-order chi connectivity index (χ0) is 9.26. The molecule has 2 aromatic heterocycles. The molecule has 0 aliphatic rings. The fraction of sp³-hybridized carbons (Fsp3) is 0.111. The SMILES string of the molecule is C=CCc1cc(=O)cc2nc[nH]n12. The van der Waals surface area contributed by atoms with E-state index in [4.69, 9.17) is 0 Å². The Labute approximate surface area is 74.5 Å². The first kappa shape index (κ1) is 7.79. The highest BCUT2D eigenvalue weighted by molar-refractivity contribution is 5.37. The lowest BCUT2D eigenvalue weighted by Crippen LogP contribution is -2.06. The monoisotopic (exact) mass is 175 g/mol. The van der Waals surface area contributed by atoms with Crippen molar-refractivity contribution in [1.82, 2.24) is 14.6 Å². The Morgan fingerprint density at radius 2 is 2.46 bits per heavy atom. The molecule has 0 spiro atoms. The summed E-state index contributed by atoms with van der Waals surface area (Å²) >= 11 is 0. The third-order valence-electron chi connectivity index (χ3n) is 1.83. The van der Waals surface area contributed by atoms with E-state index < -0.39 is 0 Å². The first-order chi connectivity index (χ1) is 6.31. The molecule has 0 fully saturated rings. The van der Waals surface area contributed by atoms with Gasteiger partial charge in [-0.2, -0.15) is 0 Å². The van der Waals surface area contributed by atoms with Crippen molar-refractivity contribution in [1.29, 1.82) is 0 Å². The maximum atomic E-state index is 11.2. The predicted octanol–water partition coefficient (Wildman–Crippen LogP) is 0.751. The normalized spacial score (nSPS) is 10.5. The first-order valence-corrected chi connectivity index (χ1v) is 3.97. The van der Waals surface area contributed by atoms with Crippen LogP contribution in [0.4, 0.5) is 0 Å². The molecule has 0 unspecified atom stereocenters. The van der Waals surface area contributed by atoms with Crippen LogP contribution in [0.15, 0.2) is 35.9 Å². The van der Waals surface area contributed by atoms with Gasteiger partial charge in [0.15, 0.2) is 11.1 Å². The summed E-state index contributed by atoms with van der Waals surface area (Å²) in [6.45, 7) is 3.63. The second-order valence-corrected chi connectivity index (χ2v) is 2.76. The molecule has 0 saturated carbocycles. The van der Waals surface area contributed by atoms with Crippen LogP contribution in [0.25, 0.3) is 5.65 Å². The molecule has 0 aliphatic carbocycles. The Hall–Kier alpha value is -1.84. The van der Waals surface area contributed by atoms with Crippen molar-refractivity contribution in [2.45, 2.75) is 6.42 Å². The van der Waals surface area contributed by atoms with Crippen molar-refractivity contribution >= 4 is 5.65 Å². The lowest BCUT2D eigenvalue weighted by atomic mass is 10.2. The Bertz CT molecular complexity index is 495. The number of aromatic nitrogens is 3.